The van der Waals surface area contributed by atoms with Crippen molar-refractivity contribution in [3.05, 3.63) is 12.7 Å². The van der Waals surface area contributed by atoms with E-state index in [1.165, 1.54) is 0 Å². The highest BCUT2D eigenvalue weighted by atomic mass is 15.2. The van der Waals surface area contributed by atoms with E-state index in [0.29, 0.717) is 12.0 Å². The van der Waals surface area contributed by atoms with Crippen molar-refractivity contribution in [1.29, 1.82) is 0 Å². The van der Waals surface area contributed by atoms with Gasteiger partial charge >= 0.3 is 0 Å². The van der Waals surface area contributed by atoms with Crippen molar-refractivity contribution in [1.82, 2.24) is 4.90 Å². The highest BCUT2D eigenvalue weighted by Gasteiger charge is 2.16. The SMILES string of the molecule is C=CCN(CC(N)C(C)CC)C(C)C. The number of nitrogens with zero attached hydrogens (tertiary/aromatic N) is 1. The van der Waals surface area contributed by atoms with Gasteiger partial charge in [-0.1, -0.05) is 26.3 Å². The van der Waals surface area contributed by atoms with Crippen LogP contribution in [0, 0.1) is 5.92 Å². The maximum atomic E-state index is 6.12. The van der Waals surface area contributed by atoms with Crippen LogP contribution in [0.15, 0.2) is 12.7 Å². The molecule has 2 heteroatoms. The molecule has 0 aromatic carbocycles. The maximum absolute atomic E-state index is 6.12. The van der Waals surface area contributed by atoms with Crippen LogP contribution in [0.1, 0.15) is 34.1 Å². The fraction of sp³-hybridized carbons (Fsp3) is 0.833. The minimum Gasteiger partial charge on any atom is -0.326 e. The molecule has 0 aromatic heterocycles. The number of hydrogen-bond acceptors (Lipinski definition) is 2. The van der Waals surface area contributed by atoms with Crippen molar-refractivity contribution >= 4 is 0 Å². The second-order valence-corrected chi connectivity index (χ2v) is 4.39. The summed E-state index contributed by atoms with van der Waals surface area (Å²) >= 11 is 0. The highest BCUT2D eigenvalue weighted by Crippen LogP contribution is 2.08. The van der Waals surface area contributed by atoms with Crippen LogP contribution in [0.25, 0.3) is 0 Å². The topological polar surface area (TPSA) is 29.3 Å². The maximum Gasteiger partial charge on any atom is 0.0193 e. The lowest BCUT2D eigenvalue weighted by atomic mass is 9.99. The van der Waals surface area contributed by atoms with Crippen molar-refractivity contribution in [3.63, 3.8) is 0 Å². The van der Waals surface area contributed by atoms with Gasteiger partial charge in [-0.15, -0.1) is 6.58 Å². The first-order valence-electron chi connectivity index (χ1n) is 5.63. The molecular weight excluding hydrogens is 172 g/mol. The van der Waals surface area contributed by atoms with Crippen LogP contribution >= 0.6 is 0 Å². The van der Waals surface area contributed by atoms with E-state index in [2.05, 4.69) is 39.2 Å². The number of hydrogen-bond donors (Lipinski definition) is 1. The molecule has 0 spiro atoms. The third-order valence-electron chi connectivity index (χ3n) is 2.91. The molecule has 0 heterocycles. The molecule has 0 rings (SSSR count). The van der Waals surface area contributed by atoms with Crippen molar-refractivity contribution in [3.8, 4) is 0 Å². The van der Waals surface area contributed by atoms with E-state index in [9.17, 15) is 0 Å². The van der Waals surface area contributed by atoms with Crippen LogP contribution < -0.4 is 5.73 Å². The molecule has 2 atom stereocenters. The van der Waals surface area contributed by atoms with Crippen LogP contribution in [-0.4, -0.2) is 30.1 Å². The van der Waals surface area contributed by atoms with Gasteiger partial charge in [0.2, 0.25) is 0 Å². The van der Waals surface area contributed by atoms with E-state index < -0.39 is 0 Å². The predicted molar refractivity (Wildman–Crippen MR) is 64.3 cm³/mol. The quantitative estimate of drug-likeness (QED) is 0.636. The Hall–Kier alpha value is -0.340. The Morgan fingerprint density at radius 3 is 2.29 bits per heavy atom. The summed E-state index contributed by atoms with van der Waals surface area (Å²) in [5, 5.41) is 0. The van der Waals surface area contributed by atoms with Gasteiger partial charge in [-0.05, 0) is 19.8 Å². The zero-order valence-corrected chi connectivity index (χ0v) is 10.2. The summed E-state index contributed by atoms with van der Waals surface area (Å²) in [7, 11) is 0. The molecule has 0 radical (unpaired) electrons. The predicted octanol–water partition coefficient (Wildman–Crippen LogP) is 2.26. The Kier molecular flexibility index (Phi) is 6.85. The van der Waals surface area contributed by atoms with Gasteiger partial charge in [-0.25, -0.2) is 0 Å². The summed E-state index contributed by atoms with van der Waals surface area (Å²) in [4.78, 5) is 2.36. The third kappa shape index (κ3) is 4.77. The highest BCUT2D eigenvalue weighted by molar-refractivity contribution is 4.80. The minimum atomic E-state index is 0.280. The van der Waals surface area contributed by atoms with Crippen LogP contribution in [-0.2, 0) is 0 Å². The van der Waals surface area contributed by atoms with Gasteiger partial charge in [0.15, 0.2) is 0 Å². The molecular formula is C12H26N2. The second kappa shape index (κ2) is 7.02. The molecule has 0 saturated heterocycles. The fourth-order valence-corrected chi connectivity index (χ4v) is 1.42. The lowest BCUT2D eigenvalue weighted by molar-refractivity contribution is 0.209. The molecule has 0 saturated carbocycles. The lowest BCUT2D eigenvalue weighted by Crippen LogP contribution is -2.44. The molecule has 0 aromatic rings. The van der Waals surface area contributed by atoms with E-state index in [4.69, 9.17) is 5.73 Å². The summed E-state index contributed by atoms with van der Waals surface area (Å²) in [5.41, 5.74) is 6.12. The first-order valence-corrected chi connectivity index (χ1v) is 5.63. The summed E-state index contributed by atoms with van der Waals surface area (Å²) in [6.45, 7) is 14.5. The van der Waals surface area contributed by atoms with Crippen molar-refractivity contribution < 1.29 is 0 Å². The molecule has 0 bridgehead atoms. The van der Waals surface area contributed by atoms with E-state index in [1.54, 1.807) is 0 Å². The van der Waals surface area contributed by atoms with Gasteiger partial charge in [0.25, 0.3) is 0 Å². The second-order valence-electron chi connectivity index (χ2n) is 4.39. The Bertz CT molecular complexity index is 154. The van der Waals surface area contributed by atoms with Crippen molar-refractivity contribution in [2.45, 2.75) is 46.2 Å². The largest absolute Gasteiger partial charge is 0.326 e. The molecule has 84 valence electrons. The molecule has 2 unspecified atom stereocenters. The molecule has 0 amide bonds. The van der Waals surface area contributed by atoms with Crippen LogP contribution in [0.4, 0.5) is 0 Å². The van der Waals surface area contributed by atoms with Gasteiger partial charge in [0.1, 0.15) is 0 Å². The molecule has 2 nitrogen and oxygen atoms in total. The summed E-state index contributed by atoms with van der Waals surface area (Å²) in [6.07, 6.45) is 3.10. The van der Waals surface area contributed by atoms with Crippen LogP contribution in [0.3, 0.4) is 0 Å². The van der Waals surface area contributed by atoms with Gasteiger partial charge in [-0.3, -0.25) is 4.90 Å². The molecule has 0 fully saturated rings. The van der Waals surface area contributed by atoms with E-state index in [-0.39, 0.29) is 6.04 Å². The Labute approximate surface area is 89.2 Å². The fourth-order valence-electron chi connectivity index (χ4n) is 1.42. The first kappa shape index (κ1) is 13.7. The molecule has 0 aliphatic rings. The molecule has 2 N–H and O–H groups in total. The Balaban J connectivity index is 4.07. The van der Waals surface area contributed by atoms with Crippen molar-refractivity contribution in [2.75, 3.05) is 13.1 Å². The lowest BCUT2D eigenvalue weighted by Gasteiger charge is -2.30. The summed E-state index contributed by atoms with van der Waals surface area (Å²) in [6, 6.07) is 0.824. The average molecular weight is 198 g/mol. The normalized spacial score (nSPS) is 15.9. The molecule has 14 heavy (non-hydrogen) atoms. The van der Waals surface area contributed by atoms with E-state index in [1.807, 2.05) is 6.08 Å². The number of nitrogens with two attached hydrogens (primary N) is 1. The van der Waals surface area contributed by atoms with E-state index in [0.717, 1.165) is 19.5 Å². The summed E-state index contributed by atoms with van der Waals surface area (Å²) < 4.78 is 0. The van der Waals surface area contributed by atoms with Gasteiger partial charge in [0.05, 0.1) is 0 Å². The zero-order chi connectivity index (χ0) is 11.1. The molecule has 0 aliphatic heterocycles. The smallest absolute Gasteiger partial charge is 0.0193 e. The Morgan fingerprint density at radius 1 is 1.36 bits per heavy atom. The van der Waals surface area contributed by atoms with E-state index >= 15 is 0 Å². The van der Waals surface area contributed by atoms with Gasteiger partial charge < -0.3 is 5.73 Å². The van der Waals surface area contributed by atoms with Gasteiger partial charge in [0, 0.05) is 25.2 Å². The standard InChI is InChI=1S/C12H26N2/c1-6-8-14(10(3)4)9-12(13)11(5)7-2/h6,10-12H,1,7-9,13H2,2-5H3. The minimum absolute atomic E-state index is 0.280. The Morgan fingerprint density at radius 2 is 1.93 bits per heavy atom. The van der Waals surface area contributed by atoms with Crippen LogP contribution in [0.2, 0.25) is 0 Å². The monoisotopic (exact) mass is 198 g/mol. The van der Waals surface area contributed by atoms with Crippen molar-refractivity contribution in [2.24, 2.45) is 11.7 Å². The zero-order valence-electron chi connectivity index (χ0n) is 10.2. The third-order valence-corrected chi connectivity index (χ3v) is 2.91. The summed E-state index contributed by atoms with van der Waals surface area (Å²) in [5.74, 6) is 0.598. The van der Waals surface area contributed by atoms with Crippen LogP contribution in [0.5, 0.6) is 0 Å². The average Bonchev–Trinajstić information content (AvgIpc) is 2.15. The number of rotatable bonds is 7. The first-order chi connectivity index (χ1) is 6.52. The molecule has 0 aliphatic carbocycles. The van der Waals surface area contributed by atoms with Gasteiger partial charge in [-0.2, -0.15) is 0 Å².